The fraction of sp³-hybridized carbons (Fsp3) is 0.857. The van der Waals surface area contributed by atoms with E-state index in [2.05, 4.69) is 0 Å². The summed E-state index contributed by atoms with van der Waals surface area (Å²) in [6.07, 6.45) is 0.813. The lowest BCUT2D eigenvalue weighted by atomic mass is 10.0. The minimum atomic E-state index is -5.06. The van der Waals surface area contributed by atoms with Crippen LogP contribution >= 0.6 is 0 Å². The van der Waals surface area contributed by atoms with Gasteiger partial charge in [0.15, 0.2) is 5.25 Å². The van der Waals surface area contributed by atoms with Crippen LogP contribution < -0.4 is 0 Å². The number of rotatable bonds is 15. The van der Waals surface area contributed by atoms with E-state index >= 15 is 0 Å². The van der Waals surface area contributed by atoms with Gasteiger partial charge in [0.25, 0.3) is 10.1 Å². The van der Waals surface area contributed by atoms with E-state index in [9.17, 15) is 27.4 Å². The van der Waals surface area contributed by atoms with E-state index in [1.807, 2.05) is 41.5 Å². The maximum absolute atomic E-state index is 12.6. The van der Waals surface area contributed by atoms with Crippen LogP contribution in [0.4, 0.5) is 0 Å². The number of carbonyl (C=O) groups excluding carboxylic acids is 3. The Morgan fingerprint density at radius 1 is 0.710 bits per heavy atom. The van der Waals surface area contributed by atoms with Crippen molar-refractivity contribution in [3.8, 4) is 0 Å². The molecule has 0 aliphatic carbocycles. The summed E-state index contributed by atoms with van der Waals surface area (Å²) in [6.45, 7) is 11.4. The van der Waals surface area contributed by atoms with Gasteiger partial charge in [0.2, 0.25) is 0 Å². The van der Waals surface area contributed by atoms with Crippen molar-refractivity contribution in [3.05, 3.63) is 0 Å². The second kappa shape index (κ2) is 14.4. The van der Waals surface area contributed by atoms with Crippen LogP contribution in [0.25, 0.3) is 0 Å². The average Bonchev–Trinajstić information content (AvgIpc) is 2.58. The van der Waals surface area contributed by atoms with E-state index in [4.69, 9.17) is 14.2 Å². The minimum absolute atomic E-state index is 0.0179. The molecule has 0 aliphatic heterocycles. The third-order valence-electron chi connectivity index (χ3n) is 4.45. The molecule has 0 aromatic heterocycles. The number of esters is 3. The molecule has 0 radical (unpaired) electrons. The Morgan fingerprint density at radius 3 is 1.48 bits per heavy atom. The molecule has 2 unspecified atom stereocenters. The summed E-state index contributed by atoms with van der Waals surface area (Å²) in [5.41, 5.74) is 0. The van der Waals surface area contributed by atoms with E-state index < -0.39 is 45.6 Å². The summed E-state index contributed by atoms with van der Waals surface area (Å²) in [6, 6.07) is 0. The smallest absolute Gasteiger partial charge is 0.327 e. The summed E-state index contributed by atoms with van der Waals surface area (Å²) in [5.74, 6) is -4.36. The second-order valence-electron chi connectivity index (χ2n) is 8.85. The normalized spacial score (nSPS) is 13.9. The Balaban J connectivity index is 5.54. The molecule has 0 aliphatic rings. The van der Waals surface area contributed by atoms with Gasteiger partial charge in [-0.05, 0) is 37.0 Å². The van der Waals surface area contributed by atoms with E-state index in [0.717, 1.165) is 0 Å². The molecule has 0 saturated carbocycles. The van der Waals surface area contributed by atoms with Crippen LogP contribution in [-0.4, -0.2) is 55.9 Å². The first kappa shape index (κ1) is 29.3. The molecule has 0 amide bonds. The Labute approximate surface area is 185 Å². The third-order valence-corrected chi connectivity index (χ3v) is 5.61. The quantitative estimate of drug-likeness (QED) is 0.219. The largest absolute Gasteiger partial charge is 0.466 e. The highest BCUT2D eigenvalue weighted by Gasteiger charge is 2.46. The first-order valence-electron chi connectivity index (χ1n) is 10.7. The van der Waals surface area contributed by atoms with Gasteiger partial charge in [-0.2, -0.15) is 8.42 Å². The summed E-state index contributed by atoms with van der Waals surface area (Å²) in [5, 5.41) is -2.27. The zero-order valence-electron chi connectivity index (χ0n) is 19.5. The van der Waals surface area contributed by atoms with Crippen LogP contribution in [0.5, 0.6) is 0 Å². The van der Waals surface area contributed by atoms with Gasteiger partial charge in [-0.15, -0.1) is 0 Å². The third kappa shape index (κ3) is 13.4. The summed E-state index contributed by atoms with van der Waals surface area (Å²) in [4.78, 5) is 37.3. The van der Waals surface area contributed by atoms with Gasteiger partial charge in [-0.1, -0.05) is 41.5 Å². The van der Waals surface area contributed by atoms with Gasteiger partial charge >= 0.3 is 17.9 Å². The number of hydrogen-bond acceptors (Lipinski definition) is 8. The van der Waals surface area contributed by atoms with Crippen molar-refractivity contribution < 1.29 is 41.6 Å². The Bertz CT molecular complexity index is 668. The summed E-state index contributed by atoms with van der Waals surface area (Å²) in [7, 11) is -5.06. The standard InChI is InChI=1S/C21H38O9S/c1-14(2)7-10-28-18(22)13-17(20(23)29-11-8-15(3)4)19(31(25,26)27)21(24)30-12-9-16(5)6/h14-17,19H,7-13H2,1-6H3,(H,25,26,27). The first-order chi connectivity index (χ1) is 14.3. The fourth-order valence-corrected chi connectivity index (χ4v) is 3.37. The van der Waals surface area contributed by atoms with E-state index in [1.165, 1.54) is 0 Å². The first-order valence-corrected chi connectivity index (χ1v) is 12.2. The minimum Gasteiger partial charge on any atom is -0.466 e. The van der Waals surface area contributed by atoms with Gasteiger partial charge in [0.1, 0.15) is 0 Å². The van der Waals surface area contributed by atoms with Crippen molar-refractivity contribution in [2.24, 2.45) is 23.7 Å². The molecule has 10 heteroatoms. The molecule has 1 N–H and O–H groups in total. The van der Waals surface area contributed by atoms with Gasteiger partial charge in [0, 0.05) is 0 Å². The van der Waals surface area contributed by atoms with Gasteiger partial charge in [0.05, 0.1) is 32.2 Å². The predicted molar refractivity (Wildman–Crippen MR) is 115 cm³/mol. The lowest BCUT2D eigenvalue weighted by Crippen LogP contribution is -2.44. The molecule has 2 atom stereocenters. The van der Waals surface area contributed by atoms with E-state index in [0.29, 0.717) is 19.3 Å². The van der Waals surface area contributed by atoms with Gasteiger partial charge in [-0.3, -0.25) is 18.9 Å². The molecule has 182 valence electrons. The van der Waals surface area contributed by atoms with Crippen LogP contribution in [0.1, 0.15) is 67.2 Å². The SMILES string of the molecule is CC(C)CCOC(=O)CC(C(=O)OCCC(C)C)C(C(=O)OCCC(C)C)S(=O)(=O)O. The highest BCUT2D eigenvalue weighted by molar-refractivity contribution is 7.87. The van der Waals surface area contributed by atoms with Gasteiger partial charge < -0.3 is 14.2 Å². The Morgan fingerprint density at radius 2 is 1.10 bits per heavy atom. The topological polar surface area (TPSA) is 133 Å². The maximum Gasteiger partial charge on any atom is 0.327 e. The fourth-order valence-electron chi connectivity index (χ4n) is 2.43. The highest BCUT2D eigenvalue weighted by atomic mass is 32.2. The molecule has 0 spiro atoms. The second-order valence-corrected chi connectivity index (χ2v) is 10.4. The van der Waals surface area contributed by atoms with Crippen LogP contribution in [0.2, 0.25) is 0 Å². The van der Waals surface area contributed by atoms with Crippen LogP contribution in [0.3, 0.4) is 0 Å². The van der Waals surface area contributed by atoms with Crippen LogP contribution in [-0.2, 0) is 38.7 Å². The molecule has 0 aromatic carbocycles. The predicted octanol–water partition coefficient (Wildman–Crippen LogP) is 3.02. The summed E-state index contributed by atoms with van der Waals surface area (Å²) >= 11 is 0. The lowest BCUT2D eigenvalue weighted by Gasteiger charge is -2.22. The monoisotopic (exact) mass is 466 g/mol. The Hall–Kier alpha value is -1.68. The van der Waals surface area contributed by atoms with Crippen molar-refractivity contribution in [1.29, 1.82) is 0 Å². The van der Waals surface area contributed by atoms with Crippen LogP contribution in [0.15, 0.2) is 0 Å². The number of hydrogen-bond donors (Lipinski definition) is 1. The van der Waals surface area contributed by atoms with Crippen molar-refractivity contribution in [1.82, 2.24) is 0 Å². The number of carbonyl (C=O) groups is 3. The molecule has 0 fully saturated rings. The molecule has 0 rings (SSSR count). The maximum atomic E-state index is 12.6. The molecule has 0 heterocycles. The summed E-state index contributed by atoms with van der Waals surface area (Å²) < 4.78 is 48.7. The Kier molecular flexibility index (Phi) is 13.6. The van der Waals surface area contributed by atoms with E-state index in [1.54, 1.807) is 0 Å². The average molecular weight is 467 g/mol. The van der Waals surface area contributed by atoms with Crippen molar-refractivity contribution in [2.45, 2.75) is 72.5 Å². The van der Waals surface area contributed by atoms with Crippen LogP contribution in [0, 0.1) is 23.7 Å². The zero-order chi connectivity index (χ0) is 24.2. The molecule has 9 nitrogen and oxygen atoms in total. The highest BCUT2D eigenvalue weighted by Crippen LogP contribution is 2.22. The molecular weight excluding hydrogens is 428 g/mol. The van der Waals surface area contributed by atoms with Crippen molar-refractivity contribution >= 4 is 28.0 Å². The van der Waals surface area contributed by atoms with Crippen molar-refractivity contribution in [3.63, 3.8) is 0 Å². The molecule has 31 heavy (non-hydrogen) atoms. The molecular formula is C21H38O9S. The van der Waals surface area contributed by atoms with Crippen molar-refractivity contribution in [2.75, 3.05) is 19.8 Å². The van der Waals surface area contributed by atoms with Gasteiger partial charge in [-0.25, -0.2) is 0 Å². The van der Waals surface area contributed by atoms with E-state index in [-0.39, 0.29) is 37.6 Å². The molecule has 0 bridgehead atoms. The molecule has 0 aromatic rings. The lowest BCUT2D eigenvalue weighted by molar-refractivity contribution is -0.159. The number of ether oxygens (including phenoxy) is 3. The zero-order valence-corrected chi connectivity index (χ0v) is 20.3. The molecule has 0 saturated heterocycles.